The summed E-state index contributed by atoms with van der Waals surface area (Å²) in [6.45, 7) is 0.576. The summed E-state index contributed by atoms with van der Waals surface area (Å²) in [6.07, 6.45) is 8.35. The molecule has 0 radical (unpaired) electrons. The van der Waals surface area contributed by atoms with E-state index < -0.39 is 15.8 Å². The Kier molecular flexibility index (Phi) is 5.14. The molecule has 1 aromatic rings. The number of carbonyl (C=O) groups excluding carboxylic acids is 1. The molecule has 0 atom stereocenters. The molecule has 4 bridgehead atoms. The Labute approximate surface area is 182 Å². The van der Waals surface area contributed by atoms with Crippen molar-refractivity contribution in [3.05, 3.63) is 29.0 Å². The van der Waals surface area contributed by atoms with Gasteiger partial charge < -0.3 is 5.32 Å². The molecule has 6 rings (SSSR count). The maximum absolute atomic E-state index is 13.4. The van der Waals surface area contributed by atoms with E-state index >= 15 is 0 Å². The van der Waals surface area contributed by atoms with Crippen molar-refractivity contribution in [3.8, 4) is 0 Å². The fourth-order valence-electron chi connectivity index (χ4n) is 6.77. The summed E-state index contributed by atoms with van der Waals surface area (Å²) in [4.78, 5) is 13.0. The van der Waals surface area contributed by atoms with Crippen molar-refractivity contribution in [1.82, 2.24) is 9.62 Å². The number of rotatable bonds is 4. The SMILES string of the molecule is O=C(NC12CC3CC(CC(C3)C1)C2)C1CCN(S(=O)(=O)c2ccc(F)c(Cl)c2)CC1. The van der Waals surface area contributed by atoms with Gasteiger partial charge in [-0.1, -0.05) is 11.6 Å². The molecular weight excluding hydrogens is 427 g/mol. The first-order valence-electron chi connectivity index (χ1n) is 11.0. The van der Waals surface area contributed by atoms with Gasteiger partial charge in [-0.05, 0) is 87.3 Å². The highest BCUT2D eigenvalue weighted by atomic mass is 35.5. The molecule has 5 aliphatic rings. The normalized spacial score (nSPS) is 34.3. The molecule has 0 unspecified atom stereocenters. The Bertz CT molecular complexity index is 924. The third-order valence-electron chi connectivity index (χ3n) is 7.78. The van der Waals surface area contributed by atoms with Crippen LogP contribution in [-0.4, -0.2) is 37.3 Å². The van der Waals surface area contributed by atoms with E-state index in [4.69, 9.17) is 11.6 Å². The second kappa shape index (κ2) is 7.45. The van der Waals surface area contributed by atoms with E-state index in [0.717, 1.165) is 49.1 Å². The molecule has 5 nitrogen and oxygen atoms in total. The number of nitrogens with zero attached hydrogens (tertiary/aromatic N) is 1. The lowest BCUT2D eigenvalue weighted by Gasteiger charge is -2.57. The number of nitrogens with one attached hydrogen (secondary N) is 1. The third-order valence-corrected chi connectivity index (χ3v) is 9.96. The Balaban J connectivity index is 1.22. The average molecular weight is 455 g/mol. The lowest BCUT2D eigenvalue weighted by molar-refractivity contribution is -0.132. The first-order chi connectivity index (χ1) is 14.2. The van der Waals surface area contributed by atoms with Gasteiger partial charge in [0, 0.05) is 24.5 Å². The molecule has 4 saturated carbocycles. The monoisotopic (exact) mass is 454 g/mol. The fourth-order valence-corrected chi connectivity index (χ4v) is 8.51. The average Bonchev–Trinajstić information content (AvgIpc) is 2.68. The standard InChI is InChI=1S/C22H28ClFN2O3S/c23-19-10-18(1-2-20(19)24)30(28,29)26-5-3-17(4-6-26)21(27)25-22-11-14-7-15(12-22)9-16(8-14)13-22/h1-2,10,14-17H,3-9,11-13H2,(H,25,27). The first-order valence-corrected chi connectivity index (χ1v) is 12.8. The van der Waals surface area contributed by atoms with E-state index in [-0.39, 0.29) is 40.4 Å². The van der Waals surface area contributed by atoms with Crippen LogP contribution in [0.15, 0.2) is 23.1 Å². The molecule has 164 valence electrons. The topological polar surface area (TPSA) is 66.5 Å². The van der Waals surface area contributed by atoms with Crippen molar-refractivity contribution in [1.29, 1.82) is 0 Å². The lowest BCUT2D eigenvalue weighted by atomic mass is 9.53. The van der Waals surface area contributed by atoms with Gasteiger partial charge in [0.2, 0.25) is 15.9 Å². The van der Waals surface area contributed by atoms with Crippen LogP contribution in [0.2, 0.25) is 5.02 Å². The van der Waals surface area contributed by atoms with Gasteiger partial charge >= 0.3 is 0 Å². The number of hydrogen-bond donors (Lipinski definition) is 1. The molecule has 0 spiro atoms. The first kappa shape index (κ1) is 20.7. The van der Waals surface area contributed by atoms with Gasteiger partial charge in [-0.15, -0.1) is 0 Å². The molecule has 1 aromatic carbocycles. The number of piperidine rings is 1. The van der Waals surface area contributed by atoms with Gasteiger partial charge in [0.25, 0.3) is 0 Å². The quantitative estimate of drug-likeness (QED) is 0.748. The maximum Gasteiger partial charge on any atom is 0.243 e. The molecule has 1 aliphatic heterocycles. The molecule has 1 N–H and O–H groups in total. The molecule has 5 fully saturated rings. The zero-order valence-corrected chi connectivity index (χ0v) is 18.5. The molecule has 1 amide bonds. The molecule has 0 aromatic heterocycles. The summed E-state index contributed by atoms with van der Waals surface area (Å²) < 4.78 is 40.5. The Morgan fingerprint density at radius 3 is 2.17 bits per heavy atom. The van der Waals surface area contributed by atoms with E-state index in [0.29, 0.717) is 12.8 Å². The second-order valence-corrected chi connectivity index (χ2v) is 12.3. The largest absolute Gasteiger partial charge is 0.350 e. The minimum atomic E-state index is -3.74. The summed E-state index contributed by atoms with van der Waals surface area (Å²) >= 11 is 5.76. The number of amides is 1. The zero-order valence-electron chi connectivity index (χ0n) is 16.9. The Morgan fingerprint density at radius 1 is 1.07 bits per heavy atom. The van der Waals surface area contributed by atoms with Crippen LogP contribution in [-0.2, 0) is 14.8 Å². The van der Waals surface area contributed by atoms with Crippen molar-refractivity contribution in [3.63, 3.8) is 0 Å². The minimum absolute atomic E-state index is 0.00892. The number of sulfonamides is 1. The van der Waals surface area contributed by atoms with Crippen LogP contribution in [0, 0.1) is 29.5 Å². The van der Waals surface area contributed by atoms with Crippen LogP contribution in [0.5, 0.6) is 0 Å². The van der Waals surface area contributed by atoms with Crippen molar-refractivity contribution in [2.75, 3.05) is 13.1 Å². The molecule has 30 heavy (non-hydrogen) atoms. The van der Waals surface area contributed by atoms with Crippen LogP contribution < -0.4 is 5.32 Å². The fraction of sp³-hybridized carbons (Fsp3) is 0.682. The lowest BCUT2D eigenvalue weighted by Crippen LogP contribution is -2.61. The van der Waals surface area contributed by atoms with Crippen molar-refractivity contribution in [2.45, 2.75) is 61.8 Å². The highest BCUT2D eigenvalue weighted by Gasteiger charge is 2.52. The second-order valence-electron chi connectivity index (χ2n) is 9.94. The molecule has 1 heterocycles. The summed E-state index contributed by atoms with van der Waals surface area (Å²) in [6, 6.07) is 3.46. The summed E-state index contributed by atoms with van der Waals surface area (Å²) in [5, 5.41) is 3.22. The maximum atomic E-state index is 13.4. The van der Waals surface area contributed by atoms with E-state index in [1.165, 1.54) is 29.6 Å². The molecule has 4 aliphatic carbocycles. The van der Waals surface area contributed by atoms with Gasteiger partial charge in [0.05, 0.1) is 9.92 Å². The van der Waals surface area contributed by atoms with Gasteiger partial charge in [0.15, 0.2) is 0 Å². The molecule has 1 saturated heterocycles. The minimum Gasteiger partial charge on any atom is -0.350 e. The highest BCUT2D eigenvalue weighted by Crippen LogP contribution is 2.55. The van der Waals surface area contributed by atoms with Crippen LogP contribution in [0.1, 0.15) is 51.4 Å². The van der Waals surface area contributed by atoms with Crippen LogP contribution in [0.25, 0.3) is 0 Å². The van der Waals surface area contributed by atoms with E-state index in [1.54, 1.807) is 0 Å². The van der Waals surface area contributed by atoms with Crippen molar-refractivity contribution < 1.29 is 17.6 Å². The summed E-state index contributed by atoms with van der Waals surface area (Å²) in [5.74, 6) is 1.61. The van der Waals surface area contributed by atoms with Gasteiger partial charge in [-0.25, -0.2) is 12.8 Å². The third kappa shape index (κ3) is 3.67. The Morgan fingerprint density at radius 2 is 1.63 bits per heavy atom. The number of benzene rings is 1. The summed E-state index contributed by atoms with van der Waals surface area (Å²) in [7, 11) is -3.74. The number of carbonyl (C=O) groups is 1. The van der Waals surface area contributed by atoms with Crippen molar-refractivity contribution >= 4 is 27.5 Å². The predicted molar refractivity (Wildman–Crippen MR) is 112 cm³/mol. The van der Waals surface area contributed by atoms with Gasteiger partial charge in [-0.3, -0.25) is 4.79 Å². The molecule has 8 heteroatoms. The Hall–Kier alpha value is -1.18. The summed E-state index contributed by atoms with van der Waals surface area (Å²) in [5.41, 5.74) is -0.0140. The van der Waals surface area contributed by atoms with Gasteiger partial charge in [-0.2, -0.15) is 4.31 Å². The highest BCUT2D eigenvalue weighted by molar-refractivity contribution is 7.89. The van der Waals surface area contributed by atoms with Crippen LogP contribution >= 0.6 is 11.6 Å². The van der Waals surface area contributed by atoms with E-state index in [9.17, 15) is 17.6 Å². The smallest absolute Gasteiger partial charge is 0.243 e. The van der Waals surface area contributed by atoms with Gasteiger partial charge in [0.1, 0.15) is 5.82 Å². The van der Waals surface area contributed by atoms with E-state index in [2.05, 4.69) is 5.32 Å². The molecular formula is C22H28ClFN2O3S. The number of halogens is 2. The van der Waals surface area contributed by atoms with Crippen LogP contribution in [0.3, 0.4) is 0 Å². The van der Waals surface area contributed by atoms with E-state index in [1.807, 2.05) is 0 Å². The number of hydrogen-bond acceptors (Lipinski definition) is 3. The zero-order chi connectivity index (χ0) is 21.1. The predicted octanol–water partition coefficient (Wildman–Crippen LogP) is 3.96. The van der Waals surface area contributed by atoms with Crippen molar-refractivity contribution in [2.24, 2.45) is 23.7 Å². The van der Waals surface area contributed by atoms with Crippen LogP contribution in [0.4, 0.5) is 4.39 Å².